The predicted molar refractivity (Wildman–Crippen MR) is 81.5 cm³/mol. The van der Waals surface area contributed by atoms with E-state index in [-0.39, 0.29) is 11.0 Å². The minimum Gasteiger partial charge on any atom is -0.441 e. The van der Waals surface area contributed by atoms with Gasteiger partial charge in [-0.15, -0.1) is 0 Å². The number of imidazole rings is 1. The van der Waals surface area contributed by atoms with Crippen LogP contribution in [0.3, 0.4) is 0 Å². The van der Waals surface area contributed by atoms with Gasteiger partial charge < -0.3 is 4.42 Å². The molecule has 0 aliphatic carbocycles. The molecule has 3 aromatic heterocycles. The van der Waals surface area contributed by atoms with Gasteiger partial charge in [0.25, 0.3) is 0 Å². The van der Waals surface area contributed by atoms with Crippen molar-refractivity contribution in [2.75, 3.05) is 0 Å². The first-order valence-electron chi connectivity index (χ1n) is 6.57. The molecule has 0 amide bonds. The van der Waals surface area contributed by atoms with E-state index in [0.717, 1.165) is 5.69 Å². The molecular weight excluding hydrogens is 305 g/mol. The van der Waals surface area contributed by atoms with Crippen LogP contribution in [0.1, 0.15) is 0 Å². The van der Waals surface area contributed by atoms with E-state index in [9.17, 15) is 4.39 Å². The van der Waals surface area contributed by atoms with Gasteiger partial charge in [0.2, 0.25) is 0 Å². The molecule has 0 atom stereocenters. The molecule has 0 aliphatic heterocycles. The third-order valence-electron chi connectivity index (χ3n) is 3.29. The van der Waals surface area contributed by atoms with Gasteiger partial charge in [-0.3, -0.25) is 4.57 Å². The molecule has 3 heterocycles. The average Bonchev–Trinajstić information content (AvgIpc) is 3.11. The van der Waals surface area contributed by atoms with Crippen molar-refractivity contribution in [3.63, 3.8) is 0 Å². The predicted octanol–water partition coefficient (Wildman–Crippen LogP) is 4.47. The van der Waals surface area contributed by atoms with Crippen LogP contribution in [0, 0.1) is 5.82 Å². The number of rotatable bonds is 2. The first kappa shape index (κ1) is 13.0. The lowest BCUT2D eigenvalue weighted by Crippen LogP contribution is -1.98. The first-order chi connectivity index (χ1) is 10.7. The van der Waals surface area contributed by atoms with Crippen molar-refractivity contribution >= 4 is 22.8 Å². The number of pyridine rings is 1. The quantitative estimate of drug-likeness (QED) is 0.548. The Morgan fingerprint density at radius 2 is 1.86 bits per heavy atom. The molecule has 0 aliphatic rings. The maximum Gasteiger partial charge on any atom is 0.194 e. The number of benzene rings is 1. The number of fused-ring (bicyclic) bond motifs is 1. The molecule has 108 valence electrons. The van der Waals surface area contributed by atoms with Gasteiger partial charge in [0.15, 0.2) is 22.5 Å². The summed E-state index contributed by atoms with van der Waals surface area (Å²) in [4.78, 5) is 8.91. The summed E-state index contributed by atoms with van der Waals surface area (Å²) in [5.74, 6) is 0.781. The van der Waals surface area contributed by atoms with Crippen LogP contribution in [0.25, 0.3) is 28.4 Å². The summed E-state index contributed by atoms with van der Waals surface area (Å²) in [5, 5.41) is 0.278. The van der Waals surface area contributed by atoms with E-state index in [2.05, 4.69) is 9.97 Å². The zero-order valence-corrected chi connectivity index (χ0v) is 12.0. The molecule has 4 nitrogen and oxygen atoms in total. The second kappa shape index (κ2) is 4.96. The van der Waals surface area contributed by atoms with E-state index in [1.807, 2.05) is 16.7 Å². The Morgan fingerprint density at radius 1 is 1.05 bits per heavy atom. The maximum atomic E-state index is 13.2. The lowest BCUT2D eigenvalue weighted by Gasteiger charge is -2.07. The van der Waals surface area contributed by atoms with Crippen LogP contribution in [-0.2, 0) is 0 Å². The number of nitrogens with zero attached hydrogens (tertiary/aromatic N) is 3. The molecule has 0 spiro atoms. The summed E-state index contributed by atoms with van der Waals surface area (Å²) in [6.45, 7) is 0. The largest absolute Gasteiger partial charge is 0.441 e. The van der Waals surface area contributed by atoms with E-state index in [0.29, 0.717) is 22.7 Å². The topological polar surface area (TPSA) is 43.9 Å². The normalized spacial score (nSPS) is 11.2. The van der Waals surface area contributed by atoms with Crippen molar-refractivity contribution in [2.45, 2.75) is 0 Å². The molecule has 0 bridgehead atoms. The molecule has 4 aromatic rings. The van der Waals surface area contributed by atoms with Crippen LogP contribution in [-0.4, -0.2) is 14.5 Å². The SMILES string of the molecule is Fc1ccc(-n2c(-c3ccc(Cl)o3)nc3cccnc32)cc1. The molecule has 22 heavy (non-hydrogen) atoms. The van der Waals surface area contributed by atoms with E-state index < -0.39 is 0 Å². The Labute approximate surface area is 129 Å². The van der Waals surface area contributed by atoms with Gasteiger partial charge in [-0.25, -0.2) is 14.4 Å². The molecule has 1 aromatic carbocycles. The first-order valence-corrected chi connectivity index (χ1v) is 6.95. The maximum absolute atomic E-state index is 13.2. The molecule has 6 heteroatoms. The Hall–Kier alpha value is -2.66. The summed E-state index contributed by atoms with van der Waals surface area (Å²) >= 11 is 5.86. The smallest absolute Gasteiger partial charge is 0.194 e. The van der Waals surface area contributed by atoms with Crippen LogP contribution in [0.4, 0.5) is 4.39 Å². The second-order valence-corrected chi connectivity index (χ2v) is 5.07. The molecule has 0 saturated carbocycles. The molecule has 0 fully saturated rings. The van der Waals surface area contributed by atoms with Crippen LogP contribution < -0.4 is 0 Å². The second-order valence-electron chi connectivity index (χ2n) is 4.70. The van der Waals surface area contributed by atoms with Crippen molar-refractivity contribution in [1.82, 2.24) is 14.5 Å². The lowest BCUT2D eigenvalue weighted by atomic mass is 10.3. The highest BCUT2D eigenvalue weighted by Gasteiger charge is 2.17. The summed E-state index contributed by atoms with van der Waals surface area (Å²) in [5.41, 5.74) is 2.12. The number of hydrogen-bond acceptors (Lipinski definition) is 3. The number of hydrogen-bond donors (Lipinski definition) is 0. The van der Waals surface area contributed by atoms with Crippen molar-refractivity contribution in [1.29, 1.82) is 0 Å². The third-order valence-corrected chi connectivity index (χ3v) is 3.50. The van der Waals surface area contributed by atoms with Crippen LogP contribution >= 0.6 is 11.6 Å². The third kappa shape index (κ3) is 2.07. The van der Waals surface area contributed by atoms with Crippen molar-refractivity contribution < 1.29 is 8.81 Å². The standard InChI is InChI=1S/C16H9ClFN3O/c17-14-8-7-13(22-14)16-20-12-2-1-9-19-15(12)21(16)11-5-3-10(18)4-6-11/h1-9H. The molecule has 0 unspecified atom stereocenters. The average molecular weight is 314 g/mol. The van der Waals surface area contributed by atoms with Gasteiger partial charge in [0.05, 0.1) is 0 Å². The summed E-state index contributed by atoms with van der Waals surface area (Å²) in [7, 11) is 0. The van der Waals surface area contributed by atoms with E-state index in [1.165, 1.54) is 12.1 Å². The highest BCUT2D eigenvalue weighted by atomic mass is 35.5. The van der Waals surface area contributed by atoms with E-state index in [4.69, 9.17) is 16.0 Å². The van der Waals surface area contributed by atoms with Gasteiger partial charge in [-0.2, -0.15) is 0 Å². The Kier molecular flexibility index (Phi) is 2.94. The monoisotopic (exact) mass is 313 g/mol. The fraction of sp³-hybridized carbons (Fsp3) is 0. The summed E-state index contributed by atoms with van der Waals surface area (Å²) in [6, 6.07) is 13.2. The minimum absolute atomic E-state index is 0.278. The Balaban J connectivity index is 2.03. The highest BCUT2D eigenvalue weighted by molar-refractivity contribution is 6.28. The van der Waals surface area contributed by atoms with E-state index >= 15 is 0 Å². The Bertz CT molecular complexity index is 959. The van der Waals surface area contributed by atoms with Crippen LogP contribution in [0.2, 0.25) is 5.22 Å². The molecule has 4 rings (SSSR count). The van der Waals surface area contributed by atoms with Gasteiger partial charge in [-0.05, 0) is 60.1 Å². The summed E-state index contributed by atoms with van der Waals surface area (Å²) < 4.78 is 20.5. The zero-order chi connectivity index (χ0) is 15.1. The highest BCUT2D eigenvalue weighted by Crippen LogP contribution is 2.29. The molecular formula is C16H9ClFN3O. The fourth-order valence-corrected chi connectivity index (χ4v) is 2.49. The zero-order valence-electron chi connectivity index (χ0n) is 11.2. The van der Waals surface area contributed by atoms with Gasteiger partial charge in [0.1, 0.15) is 11.3 Å². The van der Waals surface area contributed by atoms with Crippen molar-refractivity contribution in [2.24, 2.45) is 0 Å². The van der Waals surface area contributed by atoms with Gasteiger partial charge >= 0.3 is 0 Å². The van der Waals surface area contributed by atoms with Crippen molar-refractivity contribution in [3.05, 3.63) is 65.8 Å². The fourth-order valence-electron chi connectivity index (χ4n) is 2.35. The Morgan fingerprint density at radius 3 is 2.59 bits per heavy atom. The molecule has 0 N–H and O–H groups in total. The summed E-state index contributed by atoms with van der Waals surface area (Å²) in [6.07, 6.45) is 1.68. The number of aromatic nitrogens is 3. The number of halogens is 2. The molecule has 0 radical (unpaired) electrons. The van der Waals surface area contributed by atoms with Crippen LogP contribution in [0.5, 0.6) is 0 Å². The number of furan rings is 1. The lowest BCUT2D eigenvalue weighted by molar-refractivity contribution is 0.578. The van der Waals surface area contributed by atoms with E-state index in [1.54, 1.807) is 30.5 Å². The van der Waals surface area contributed by atoms with Gasteiger partial charge in [-0.1, -0.05) is 0 Å². The molecule has 0 saturated heterocycles. The minimum atomic E-state index is -0.302. The van der Waals surface area contributed by atoms with Crippen molar-refractivity contribution in [3.8, 4) is 17.3 Å². The van der Waals surface area contributed by atoms with Crippen LogP contribution in [0.15, 0.2) is 59.1 Å². The van der Waals surface area contributed by atoms with Gasteiger partial charge in [0, 0.05) is 11.9 Å².